The third-order valence-corrected chi connectivity index (χ3v) is 7.03. The van der Waals surface area contributed by atoms with Gasteiger partial charge in [0, 0.05) is 44.1 Å². The average Bonchev–Trinajstić information content (AvgIpc) is 2.55. The molecule has 4 bridgehead atoms. The molecule has 6 rings (SSSR count). The van der Waals surface area contributed by atoms with Crippen LogP contribution in [0.1, 0.15) is 44.3 Å². The summed E-state index contributed by atoms with van der Waals surface area (Å²) >= 11 is 0. The van der Waals surface area contributed by atoms with Gasteiger partial charge in [-0.3, -0.25) is 9.80 Å². The predicted octanol–water partition coefficient (Wildman–Crippen LogP) is 2.56. The quantitative estimate of drug-likeness (QED) is 0.859. The van der Waals surface area contributed by atoms with Crippen molar-refractivity contribution in [3.63, 3.8) is 0 Å². The summed E-state index contributed by atoms with van der Waals surface area (Å²) in [5, 5.41) is 0. The summed E-state index contributed by atoms with van der Waals surface area (Å²) in [5.41, 5.74) is 0.587. The van der Waals surface area contributed by atoms with E-state index in [1.807, 2.05) is 18.5 Å². The molecule has 5 aliphatic rings. The van der Waals surface area contributed by atoms with Crippen LogP contribution in [0.25, 0.3) is 0 Å². The minimum atomic E-state index is 0.587. The van der Waals surface area contributed by atoms with Gasteiger partial charge in [0.15, 0.2) is 0 Å². The normalized spacial score (nSPS) is 40.6. The largest absolute Gasteiger partial charge is 0.295 e. The molecule has 0 spiro atoms. The first-order valence-corrected chi connectivity index (χ1v) is 9.52. The third-order valence-electron chi connectivity index (χ3n) is 7.03. The molecule has 4 nitrogen and oxygen atoms in total. The monoisotopic (exact) mass is 312 g/mol. The molecule has 23 heavy (non-hydrogen) atoms. The Bertz CT molecular complexity index is 514. The second-order valence-corrected chi connectivity index (χ2v) is 8.57. The summed E-state index contributed by atoms with van der Waals surface area (Å²) in [5.74, 6) is 4.13. The Balaban J connectivity index is 1.23. The topological polar surface area (TPSA) is 32.3 Å². The predicted molar refractivity (Wildman–Crippen MR) is 89.8 cm³/mol. The number of hydrogen-bond donors (Lipinski definition) is 0. The minimum absolute atomic E-state index is 0.587. The van der Waals surface area contributed by atoms with E-state index in [1.165, 1.54) is 45.4 Å². The van der Waals surface area contributed by atoms with Gasteiger partial charge in [-0.1, -0.05) is 0 Å². The maximum Gasteiger partial charge on any atom is 0.142 e. The zero-order chi connectivity index (χ0) is 15.3. The zero-order valence-corrected chi connectivity index (χ0v) is 14.0. The summed E-state index contributed by atoms with van der Waals surface area (Å²) in [6, 6.07) is 1.90. The minimum Gasteiger partial charge on any atom is -0.295 e. The SMILES string of the molecule is c1cnc(CN2CCN(C34CC5CC(CC(C5)C3)C4)CC2)nc1. The van der Waals surface area contributed by atoms with Crippen molar-refractivity contribution in [3.05, 3.63) is 24.3 Å². The summed E-state index contributed by atoms with van der Waals surface area (Å²) < 4.78 is 0. The van der Waals surface area contributed by atoms with Gasteiger partial charge in [-0.2, -0.15) is 0 Å². The summed E-state index contributed by atoms with van der Waals surface area (Å²) in [6.07, 6.45) is 12.9. The Kier molecular flexibility index (Phi) is 3.45. The fourth-order valence-corrected chi connectivity index (χ4v) is 6.44. The highest BCUT2D eigenvalue weighted by Crippen LogP contribution is 2.57. The standard InChI is InChI=1S/C19H28N4/c1-2-20-18(21-3-1)14-22-4-6-23(7-5-22)19-11-15-8-16(12-19)10-17(9-15)13-19/h1-3,15-17H,4-14H2. The lowest BCUT2D eigenvalue weighted by Gasteiger charge is -2.61. The molecule has 1 aromatic rings. The molecule has 0 aromatic carbocycles. The van der Waals surface area contributed by atoms with Gasteiger partial charge in [0.2, 0.25) is 0 Å². The van der Waals surface area contributed by atoms with Crippen LogP contribution in [0.2, 0.25) is 0 Å². The maximum atomic E-state index is 4.38. The lowest BCUT2D eigenvalue weighted by atomic mass is 9.52. The van der Waals surface area contributed by atoms with Crippen LogP contribution in [0.15, 0.2) is 18.5 Å². The average molecular weight is 312 g/mol. The van der Waals surface area contributed by atoms with Crippen molar-refractivity contribution >= 4 is 0 Å². The van der Waals surface area contributed by atoms with Gasteiger partial charge in [-0.05, 0) is 62.3 Å². The van der Waals surface area contributed by atoms with Crippen LogP contribution in [-0.2, 0) is 6.54 Å². The molecule has 0 N–H and O–H groups in total. The van der Waals surface area contributed by atoms with Crippen molar-refractivity contribution in [2.75, 3.05) is 26.2 Å². The highest BCUT2D eigenvalue weighted by Gasteiger charge is 2.53. The first-order valence-electron chi connectivity index (χ1n) is 9.52. The van der Waals surface area contributed by atoms with E-state index < -0.39 is 0 Å². The van der Waals surface area contributed by atoms with Crippen molar-refractivity contribution in [1.82, 2.24) is 19.8 Å². The van der Waals surface area contributed by atoms with Crippen molar-refractivity contribution in [3.8, 4) is 0 Å². The molecule has 4 aliphatic carbocycles. The van der Waals surface area contributed by atoms with Crippen LogP contribution >= 0.6 is 0 Å². The number of aromatic nitrogens is 2. The van der Waals surface area contributed by atoms with E-state index in [4.69, 9.17) is 0 Å². The smallest absolute Gasteiger partial charge is 0.142 e. The van der Waals surface area contributed by atoms with E-state index in [0.717, 1.165) is 30.1 Å². The highest BCUT2D eigenvalue weighted by molar-refractivity contribution is 5.08. The summed E-state index contributed by atoms with van der Waals surface area (Å²) in [6.45, 7) is 5.77. The Morgan fingerprint density at radius 1 is 0.870 bits per heavy atom. The Morgan fingerprint density at radius 2 is 1.43 bits per heavy atom. The van der Waals surface area contributed by atoms with E-state index in [1.54, 1.807) is 19.3 Å². The first-order chi connectivity index (χ1) is 11.3. The molecule has 1 aromatic heterocycles. The van der Waals surface area contributed by atoms with Gasteiger partial charge in [-0.15, -0.1) is 0 Å². The van der Waals surface area contributed by atoms with E-state index in [9.17, 15) is 0 Å². The number of rotatable bonds is 3. The molecule has 4 saturated carbocycles. The molecule has 1 aliphatic heterocycles. The number of hydrogen-bond acceptors (Lipinski definition) is 4. The zero-order valence-electron chi connectivity index (χ0n) is 14.0. The lowest BCUT2D eigenvalue weighted by Crippen LogP contribution is -2.63. The van der Waals surface area contributed by atoms with Gasteiger partial charge in [0.1, 0.15) is 5.82 Å². The first kappa shape index (κ1) is 14.4. The van der Waals surface area contributed by atoms with Crippen LogP contribution in [0.5, 0.6) is 0 Å². The summed E-state index contributed by atoms with van der Waals surface area (Å²) in [7, 11) is 0. The fraction of sp³-hybridized carbons (Fsp3) is 0.789. The van der Waals surface area contributed by atoms with E-state index in [-0.39, 0.29) is 0 Å². The molecule has 4 heteroatoms. The molecule has 2 heterocycles. The van der Waals surface area contributed by atoms with E-state index in [0.29, 0.717) is 5.54 Å². The van der Waals surface area contributed by atoms with Crippen LogP contribution < -0.4 is 0 Å². The van der Waals surface area contributed by atoms with Crippen LogP contribution in [0.4, 0.5) is 0 Å². The molecule has 1 saturated heterocycles. The molecule has 5 fully saturated rings. The van der Waals surface area contributed by atoms with Gasteiger partial charge in [0.05, 0.1) is 6.54 Å². The number of piperazine rings is 1. The van der Waals surface area contributed by atoms with Crippen LogP contribution in [0, 0.1) is 17.8 Å². The number of nitrogens with zero attached hydrogens (tertiary/aromatic N) is 4. The Labute approximate surface area is 139 Å². The van der Waals surface area contributed by atoms with Gasteiger partial charge in [-0.25, -0.2) is 9.97 Å². The third kappa shape index (κ3) is 2.60. The highest BCUT2D eigenvalue weighted by atomic mass is 15.3. The van der Waals surface area contributed by atoms with Gasteiger partial charge in [0.25, 0.3) is 0 Å². The molecular formula is C19H28N4. The second kappa shape index (κ2) is 5.52. The van der Waals surface area contributed by atoms with Crippen molar-refractivity contribution in [1.29, 1.82) is 0 Å². The molecule has 0 amide bonds. The van der Waals surface area contributed by atoms with Crippen molar-refractivity contribution < 1.29 is 0 Å². The van der Waals surface area contributed by atoms with Gasteiger partial charge < -0.3 is 0 Å². The van der Waals surface area contributed by atoms with Crippen molar-refractivity contribution in [2.24, 2.45) is 17.8 Å². The second-order valence-electron chi connectivity index (χ2n) is 8.57. The lowest BCUT2D eigenvalue weighted by molar-refractivity contribution is -0.102. The maximum absolute atomic E-state index is 4.38. The van der Waals surface area contributed by atoms with Crippen molar-refractivity contribution in [2.45, 2.75) is 50.6 Å². The Morgan fingerprint density at radius 3 is 2.00 bits per heavy atom. The van der Waals surface area contributed by atoms with Crippen LogP contribution in [0.3, 0.4) is 0 Å². The van der Waals surface area contributed by atoms with E-state index in [2.05, 4.69) is 19.8 Å². The molecule has 124 valence electrons. The molecule has 0 unspecified atom stereocenters. The van der Waals surface area contributed by atoms with Gasteiger partial charge >= 0.3 is 0 Å². The molecule has 0 radical (unpaired) electrons. The fourth-order valence-electron chi connectivity index (χ4n) is 6.44. The Hall–Kier alpha value is -1.00. The van der Waals surface area contributed by atoms with E-state index >= 15 is 0 Å². The van der Waals surface area contributed by atoms with Crippen LogP contribution in [-0.4, -0.2) is 51.5 Å². The molecular weight excluding hydrogens is 284 g/mol. The molecule has 0 atom stereocenters. The summed E-state index contributed by atoms with van der Waals surface area (Å²) in [4.78, 5) is 14.2.